The first-order valence-corrected chi connectivity index (χ1v) is 20.8. The van der Waals surface area contributed by atoms with Crippen LogP contribution in [-0.4, -0.2) is 70.3 Å². The zero-order chi connectivity index (χ0) is 43.0. The number of halogens is 2. The third kappa shape index (κ3) is 10.5. The van der Waals surface area contributed by atoms with Crippen LogP contribution >= 0.6 is 11.8 Å². The number of nitrogens with zero attached hydrogens (tertiary/aromatic N) is 2. The lowest BCUT2D eigenvalue weighted by molar-refractivity contribution is -0.117. The number of benzene rings is 5. The van der Waals surface area contributed by atoms with Crippen molar-refractivity contribution in [3.63, 3.8) is 0 Å². The van der Waals surface area contributed by atoms with E-state index >= 15 is 0 Å². The summed E-state index contributed by atoms with van der Waals surface area (Å²) in [5.41, 5.74) is 4.52. The molecule has 12 heteroatoms. The summed E-state index contributed by atoms with van der Waals surface area (Å²) in [7, 11) is 0. The van der Waals surface area contributed by atoms with Crippen LogP contribution in [0.1, 0.15) is 63.2 Å². The first-order chi connectivity index (χ1) is 29.4. The van der Waals surface area contributed by atoms with Gasteiger partial charge >= 0.3 is 0 Å². The number of likely N-dealkylation sites (tertiary alicyclic amines) is 1. The number of carbonyl (C=O) groups excluding carboxylic acids is 5. The molecule has 2 saturated heterocycles. The van der Waals surface area contributed by atoms with E-state index in [1.165, 1.54) is 18.2 Å². The Labute approximate surface area is 357 Å². The predicted octanol–water partition coefficient (Wildman–Crippen LogP) is 8.76. The smallest absolute Gasteiger partial charge is 0.290 e. The second kappa shape index (κ2) is 19.3. The molecular formula is C49H44F2N4O5S. The maximum absolute atomic E-state index is 14.9. The fourth-order valence-electron chi connectivity index (χ4n) is 7.75. The van der Waals surface area contributed by atoms with Crippen molar-refractivity contribution < 1.29 is 32.8 Å². The SMILES string of the molecule is CC(C)CN(Cc1ccccc1-c1ccccc1)[C@@H]1C[C@@H](CNC(=O)/C=C/c2ccc(C=C3SC(=O)NC3=O)cc2)N(C(=O)c2ccccc2C(=O)c2ccc(F)cc2F)C1. The Morgan fingerprint density at radius 2 is 1.54 bits per heavy atom. The highest BCUT2D eigenvalue weighted by molar-refractivity contribution is 8.18. The van der Waals surface area contributed by atoms with Gasteiger partial charge in [0, 0.05) is 49.9 Å². The Bertz CT molecular complexity index is 2520. The van der Waals surface area contributed by atoms with Crippen LogP contribution in [0.2, 0.25) is 0 Å². The van der Waals surface area contributed by atoms with Crippen molar-refractivity contribution in [3.05, 3.63) is 177 Å². The van der Waals surface area contributed by atoms with Gasteiger partial charge in [-0.2, -0.15) is 0 Å². The number of hydrogen-bond donors (Lipinski definition) is 2. The molecule has 0 radical (unpaired) electrons. The van der Waals surface area contributed by atoms with E-state index in [2.05, 4.69) is 53.6 Å². The van der Waals surface area contributed by atoms with Gasteiger partial charge in [-0.05, 0) is 82.3 Å². The van der Waals surface area contributed by atoms with E-state index in [-0.39, 0.29) is 41.1 Å². The molecule has 0 saturated carbocycles. The monoisotopic (exact) mass is 838 g/mol. The molecule has 2 atom stereocenters. The topological polar surface area (TPSA) is 116 Å². The molecule has 2 aliphatic heterocycles. The van der Waals surface area contributed by atoms with E-state index in [9.17, 15) is 32.8 Å². The van der Waals surface area contributed by atoms with Crippen LogP contribution in [0.3, 0.4) is 0 Å². The van der Waals surface area contributed by atoms with Crippen LogP contribution < -0.4 is 10.6 Å². The molecule has 5 aromatic carbocycles. The minimum Gasteiger partial charge on any atom is -0.350 e. The maximum atomic E-state index is 14.9. The third-order valence-electron chi connectivity index (χ3n) is 10.6. The highest BCUT2D eigenvalue weighted by Crippen LogP contribution is 2.31. The molecule has 2 aliphatic rings. The van der Waals surface area contributed by atoms with Crippen molar-refractivity contribution in [2.45, 2.75) is 38.9 Å². The van der Waals surface area contributed by atoms with E-state index in [1.807, 2.05) is 30.3 Å². The summed E-state index contributed by atoms with van der Waals surface area (Å²) in [5.74, 6) is -3.55. The lowest BCUT2D eigenvalue weighted by Crippen LogP contribution is -2.44. The summed E-state index contributed by atoms with van der Waals surface area (Å²) in [4.78, 5) is 69.6. The summed E-state index contributed by atoms with van der Waals surface area (Å²) in [6, 6.07) is 33.9. The van der Waals surface area contributed by atoms with E-state index in [0.717, 1.165) is 58.3 Å². The minimum atomic E-state index is -1.02. The summed E-state index contributed by atoms with van der Waals surface area (Å²) in [6.07, 6.45) is 5.20. The Morgan fingerprint density at radius 1 is 0.852 bits per heavy atom. The van der Waals surface area contributed by atoms with Gasteiger partial charge in [-0.25, -0.2) is 8.78 Å². The van der Waals surface area contributed by atoms with E-state index in [1.54, 1.807) is 53.5 Å². The maximum Gasteiger partial charge on any atom is 0.290 e. The number of nitrogens with one attached hydrogen (secondary N) is 2. The second-order valence-electron chi connectivity index (χ2n) is 15.4. The van der Waals surface area contributed by atoms with Gasteiger partial charge in [0.2, 0.25) is 5.91 Å². The number of carbonyl (C=O) groups is 5. The average Bonchev–Trinajstić information content (AvgIpc) is 3.83. The summed E-state index contributed by atoms with van der Waals surface area (Å²) < 4.78 is 28.7. The van der Waals surface area contributed by atoms with Gasteiger partial charge in [0.1, 0.15) is 11.6 Å². The van der Waals surface area contributed by atoms with Crippen LogP contribution in [0.15, 0.2) is 132 Å². The molecule has 2 fully saturated rings. The number of rotatable bonds is 14. The van der Waals surface area contributed by atoms with Gasteiger partial charge in [-0.3, -0.25) is 34.2 Å². The largest absolute Gasteiger partial charge is 0.350 e. The van der Waals surface area contributed by atoms with Crippen molar-refractivity contribution in [2.75, 3.05) is 19.6 Å². The zero-order valence-electron chi connectivity index (χ0n) is 33.6. The molecule has 310 valence electrons. The van der Waals surface area contributed by atoms with Gasteiger partial charge < -0.3 is 10.2 Å². The molecule has 2 N–H and O–H groups in total. The Morgan fingerprint density at radius 3 is 2.25 bits per heavy atom. The van der Waals surface area contributed by atoms with Crippen molar-refractivity contribution >= 4 is 52.7 Å². The van der Waals surface area contributed by atoms with Gasteiger partial charge in [-0.1, -0.05) is 111 Å². The number of thioether (sulfide) groups is 1. The Kier molecular flexibility index (Phi) is 13.5. The number of ketones is 1. The fraction of sp³-hybridized carbons (Fsp3) is 0.204. The first kappa shape index (κ1) is 42.6. The van der Waals surface area contributed by atoms with Crippen molar-refractivity contribution in [3.8, 4) is 11.1 Å². The fourth-order valence-corrected chi connectivity index (χ4v) is 8.44. The average molecular weight is 839 g/mol. The van der Waals surface area contributed by atoms with Gasteiger partial charge in [0.05, 0.1) is 22.1 Å². The van der Waals surface area contributed by atoms with E-state index in [0.29, 0.717) is 30.5 Å². The molecule has 0 unspecified atom stereocenters. The molecule has 0 bridgehead atoms. The standard InChI is InChI=1S/C49H44F2N4O5S/c1-31(2)28-54(29-35-12-6-7-13-39(35)34-10-4-3-5-11-34)38-26-37(27-52-45(56)23-20-32-16-18-33(19-17-32)24-44-47(58)53-49(60)61-44)55(30-38)48(59)41-15-9-8-14-40(41)46(57)42-22-21-36(50)25-43(42)51/h3-25,31,37-38H,26-30H2,1-2H3,(H,52,56)(H,53,58,60)/b23-20+,44-24?/t37-,38+/m0/s1. The van der Waals surface area contributed by atoms with Crippen LogP contribution in [0, 0.1) is 17.6 Å². The minimum absolute atomic E-state index is 0.0102. The van der Waals surface area contributed by atoms with E-state index in [4.69, 9.17) is 0 Å². The third-order valence-corrected chi connectivity index (χ3v) is 11.4. The van der Waals surface area contributed by atoms with Crippen molar-refractivity contribution in [2.24, 2.45) is 5.92 Å². The number of amides is 4. The molecule has 0 aliphatic carbocycles. The van der Waals surface area contributed by atoms with Crippen LogP contribution in [0.4, 0.5) is 13.6 Å². The molecule has 7 rings (SSSR count). The lowest BCUT2D eigenvalue weighted by atomic mass is 9.97. The van der Waals surface area contributed by atoms with Gasteiger partial charge in [0.15, 0.2) is 5.78 Å². The molecule has 61 heavy (non-hydrogen) atoms. The van der Waals surface area contributed by atoms with E-state index < -0.39 is 40.5 Å². The Balaban J connectivity index is 1.13. The van der Waals surface area contributed by atoms with Gasteiger partial charge in [0.25, 0.3) is 17.1 Å². The predicted molar refractivity (Wildman–Crippen MR) is 234 cm³/mol. The second-order valence-corrected chi connectivity index (χ2v) is 16.5. The molecule has 4 amide bonds. The molecule has 2 heterocycles. The van der Waals surface area contributed by atoms with Crippen LogP contribution in [-0.2, 0) is 16.1 Å². The first-order valence-electron chi connectivity index (χ1n) is 20.0. The molecule has 5 aromatic rings. The Hall–Kier alpha value is -6.50. The highest BCUT2D eigenvalue weighted by atomic mass is 32.2. The molecule has 0 aromatic heterocycles. The van der Waals surface area contributed by atoms with Crippen LogP contribution in [0.25, 0.3) is 23.3 Å². The number of hydrogen-bond acceptors (Lipinski definition) is 7. The van der Waals surface area contributed by atoms with Crippen LogP contribution in [0.5, 0.6) is 0 Å². The van der Waals surface area contributed by atoms with Gasteiger partial charge in [-0.15, -0.1) is 0 Å². The summed E-state index contributed by atoms with van der Waals surface area (Å²) in [6.45, 7) is 6.06. The zero-order valence-corrected chi connectivity index (χ0v) is 34.5. The highest BCUT2D eigenvalue weighted by Gasteiger charge is 2.40. The lowest BCUT2D eigenvalue weighted by Gasteiger charge is -2.31. The summed E-state index contributed by atoms with van der Waals surface area (Å²) >= 11 is 0.836. The molecular weight excluding hydrogens is 795 g/mol. The molecule has 9 nitrogen and oxygen atoms in total. The number of imide groups is 1. The quantitative estimate of drug-likeness (QED) is 0.0849. The molecule has 0 spiro atoms. The van der Waals surface area contributed by atoms with Crippen molar-refractivity contribution in [1.82, 2.24) is 20.4 Å². The van der Waals surface area contributed by atoms with Crippen molar-refractivity contribution in [1.29, 1.82) is 0 Å². The normalized spacial score (nSPS) is 17.1. The summed E-state index contributed by atoms with van der Waals surface area (Å²) in [5, 5.41) is 4.79.